The van der Waals surface area contributed by atoms with Crippen LogP contribution in [0.15, 0.2) is 36.5 Å². The molecule has 2 aromatic rings. The number of aryl methyl sites for hydroxylation is 1. The molecular weight excluding hydrogens is 250 g/mol. The van der Waals surface area contributed by atoms with Gasteiger partial charge in [0.05, 0.1) is 0 Å². The highest BCUT2D eigenvalue weighted by Crippen LogP contribution is 2.24. The number of benzene rings is 1. The van der Waals surface area contributed by atoms with E-state index >= 15 is 0 Å². The molecule has 3 N–H and O–H groups in total. The summed E-state index contributed by atoms with van der Waals surface area (Å²) in [5, 5.41) is 7.96. The van der Waals surface area contributed by atoms with Crippen molar-refractivity contribution in [3.05, 3.63) is 52.7 Å². The van der Waals surface area contributed by atoms with Gasteiger partial charge in [0.25, 0.3) is 0 Å². The number of nitrogens with two attached hydrogens (primary N) is 1. The van der Waals surface area contributed by atoms with Gasteiger partial charge in [0.1, 0.15) is 11.6 Å². The molecule has 2 rings (SSSR count). The minimum absolute atomic E-state index is 0.0172. The fourth-order valence-electron chi connectivity index (χ4n) is 1.40. The topological polar surface area (TPSA) is 72.0 Å². The molecule has 1 aromatic carbocycles. The Morgan fingerprint density at radius 1 is 1.33 bits per heavy atom. The van der Waals surface area contributed by atoms with Gasteiger partial charge >= 0.3 is 0 Å². The van der Waals surface area contributed by atoms with Gasteiger partial charge in [-0.2, -0.15) is 0 Å². The van der Waals surface area contributed by atoms with Crippen LogP contribution in [0.1, 0.15) is 11.1 Å². The Labute approximate surface area is 110 Å². The number of nitrogens with one attached hydrogen (secondary N) is 1. The van der Waals surface area contributed by atoms with Crippen molar-refractivity contribution >= 4 is 17.4 Å². The zero-order chi connectivity index (χ0) is 13.1. The number of rotatable bonds is 3. The van der Waals surface area contributed by atoms with E-state index in [0.717, 1.165) is 5.56 Å². The van der Waals surface area contributed by atoms with E-state index in [1.807, 2.05) is 13.0 Å². The maximum Gasteiger partial charge on any atom is 0.219 e. The van der Waals surface area contributed by atoms with Crippen molar-refractivity contribution in [3.8, 4) is 11.6 Å². The van der Waals surface area contributed by atoms with E-state index in [0.29, 0.717) is 22.2 Å². The second kappa shape index (κ2) is 5.06. The molecule has 5 heteroatoms. The third kappa shape index (κ3) is 2.78. The van der Waals surface area contributed by atoms with Crippen LogP contribution in [-0.2, 0) is 0 Å². The molecule has 0 saturated heterocycles. The third-order valence-corrected chi connectivity index (χ3v) is 2.82. The van der Waals surface area contributed by atoms with Gasteiger partial charge in [-0.3, -0.25) is 5.41 Å². The first-order valence-electron chi connectivity index (χ1n) is 5.31. The lowest BCUT2D eigenvalue weighted by Gasteiger charge is -2.06. The van der Waals surface area contributed by atoms with Gasteiger partial charge in [0.15, 0.2) is 0 Å². The molecule has 0 aliphatic carbocycles. The third-order valence-electron chi connectivity index (χ3n) is 2.40. The molecule has 92 valence electrons. The van der Waals surface area contributed by atoms with Crippen LogP contribution < -0.4 is 10.5 Å². The van der Waals surface area contributed by atoms with Gasteiger partial charge in [0, 0.05) is 22.8 Å². The Bertz CT molecular complexity index is 581. The van der Waals surface area contributed by atoms with E-state index in [2.05, 4.69) is 4.98 Å². The molecular formula is C13H12ClN3O. The zero-order valence-corrected chi connectivity index (χ0v) is 10.5. The standard InChI is InChI=1S/C13H12ClN3O/c1-8-6-10(3-4-11(8)14)18-12-5-2-9(7-17-12)13(15)16/h2-7H,1H3,(H3,15,16). The average molecular weight is 262 g/mol. The van der Waals surface area contributed by atoms with E-state index in [1.165, 1.54) is 6.20 Å². The SMILES string of the molecule is Cc1cc(Oc2ccc(C(=N)N)cn2)ccc1Cl. The number of hydrogen-bond acceptors (Lipinski definition) is 3. The number of ether oxygens (including phenoxy) is 1. The van der Waals surface area contributed by atoms with Gasteiger partial charge in [-0.05, 0) is 36.8 Å². The average Bonchev–Trinajstić information content (AvgIpc) is 2.34. The number of aromatic nitrogens is 1. The summed E-state index contributed by atoms with van der Waals surface area (Å²) in [7, 11) is 0. The van der Waals surface area contributed by atoms with Crippen molar-refractivity contribution in [3.63, 3.8) is 0 Å². The predicted molar refractivity (Wildman–Crippen MR) is 71.5 cm³/mol. The maximum absolute atomic E-state index is 7.26. The predicted octanol–water partition coefficient (Wildman–Crippen LogP) is 3.12. The molecule has 0 bridgehead atoms. The summed E-state index contributed by atoms with van der Waals surface area (Å²) in [6, 6.07) is 8.74. The Balaban J connectivity index is 2.18. The monoisotopic (exact) mass is 261 g/mol. The summed E-state index contributed by atoms with van der Waals surface area (Å²) in [6.07, 6.45) is 1.50. The van der Waals surface area contributed by atoms with Gasteiger partial charge in [0.2, 0.25) is 5.88 Å². The Kier molecular flexibility index (Phi) is 3.48. The summed E-state index contributed by atoms with van der Waals surface area (Å²) in [5.74, 6) is 1.10. The summed E-state index contributed by atoms with van der Waals surface area (Å²) >= 11 is 5.93. The second-order valence-corrected chi connectivity index (χ2v) is 4.22. The van der Waals surface area contributed by atoms with Gasteiger partial charge in [-0.25, -0.2) is 4.98 Å². The first-order valence-corrected chi connectivity index (χ1v) is 5.68. The van der Waals surface area contributed by atoms with E-state index in [9.17, 15) is 0 Å². The molecule has 18 heavy (non-hydrogen) atoms. The first-order chi connectivity index (χ1) is 8.56. The van der Waals surface area contributed by atoms with Crippen LogP contribution in [0.2, 0.25) is 5.02 Å². The van der Waals surface area contributed by atoms with Crippen LogP contribution in [0.3, 0.4) is 0 Å². The van der Waals surface area contributed by atoms with E-state index in [4.69, 9.17) is 27.5 Å². The van der Waals surface area contributed by atoms with Crippen LogP contribution in [0, 0.1) is 12.3 Å². The molecule has 0 unspecified atom stereocenters. The number of nitrogens with zero attached hydrogens (tertiary/aromatic N) is 1. The molecule has 0 amide bonds. The minimum atomic E-state index is -0.0172. The van der Waals surface area contributed by atoms with Gasteiger partial charge in [-0.15, -0.1) is 0 Å². The lowest BCUT2D eigenvalue weighted by Crippen LogP contribution is -2.11. The van der Waals surface area contributed by atoms with Crippen molar-refractivity contribution in [1.82, 2.24) is 4.98 Å². The Morgan fingerprint density at radius 2 is 2.11 bits per heavy atom. The minimum Gasteiger partial charge on any atom is -0.439 e. The summed E-state index contributed by atoms with van der Waals surface area (Å²) < 4.78 is 5.57. The molecule has 0 spiro atoms. The highest BCUT2D eigenvalue weighted by atomic mass is 35.5. The van der Waals surface area contributed by atoms with Gasteiger partial charge in [-0.1, -0.05) is 11.6 Å². The number of pyridine rings is 1. The van der Waals surface area contributed by atoms with Crippen molar-refractivity contribution in [2.75, 3.05) is 0 Å². The highest BCUT2D eigenvalue weighted by molar-refractivity contribution is 6.31. The summed E-state index contributed by atoms with van der Waals surface area (Å²) in [4.78, 5) is 4.07. The normalized spacial score (nSPS) is 10.1. The van der Waals surface area contributed by atoms with E-state index < -0.39 is 0 Å². The quantitative estimate of drug-likeness (QED) is 0.659. The summed E-state index contributed by atoms with van der Waals surface area (Å²) in [5.41, 5.74) is 6.84. The largest absolute Gasteiger partial charge is 0.439 e. The fraction of sp³-hybridized carbons (Fsp3) is 0.0769. The van der Waals surface area contributed by atoms with E-state index in [1.54, 1.807) is 24.3 Å². The molecule has 1 heterocycles. The molecule has 0 aliphatic rings. The van der Waals surface area contributed by atoms with Crippen LogP contribution in [0.25, 0.3) is 0 Å². The molecule has 0 atom stereocenters. The molecule has 0 saturated carbocycles. The molecule has 1 aromatic heterocycles. The van der Waals surface area contributed by atoms with Crippen LogP contribution in [0.4, 0.5) is 0 Å². The Morgan fingerprint density at radius 3 is 2.67 bits per heavy atom. The van der Waals surface area contributed by atoms with Crippen molar-refractivity contribution in [1.29, 1.82) is 5.41 Å². The number of nitrogen functional groups attached to an aromatic ring is 1. The molecule has 0 radical (unpaired) electrons. The van der Waals surface area contributed by atoms with Crippen molar-refractivity contribution in [2.24, 2.45) is 5.73 Å². The fourth-order valence-corrected chi connectivity index (χ4v) is 1.52. The van der Waals surface area contributed by atoms with E-state index in [-0.39, 0.29) is 5.84 Å². The van der Waals surface area contributed by atoms with Crippen molar-refractivity contribution < 1.29 is 4.74 Å². The highest BCUT2D eigenvalue weighted by Gasteiger charge is 2.02. The number of halogens is 1. The van der Waals surface area contributed by atoms with Crippen LogP contribution in [-0.4, -0.2) is 10.8 Å². The lowest BCUT2D eigenvalue weighted by molar-refractivity contribution is 0.462. The molecule has 0 aliphatic heterocycles. The Hall–Kier alpha value is -2.07. The maximum atomic E-state index is 7.26. The lowest BCUT2D eigenvalue weighted by atomic mass is 10.2. The van der Waals surface area contributed by atoms with Crippen molar-refractivity contribution in [2.45, 2.75) is 6.92 Å². The zero-order valence-electron chi connectivity index (χ0n) is 9.77. The molecule has 4 nitrogen and oxygen atoms in total. The van der Waals surface area contributed by atoms with Crippen LogP contribution in [0.5, 0.6) is 11.6 Å². The second-order valence-electron chi connectivity index (χ2n) is 3.81. The summed E-state index contributed by atoms with van der Waals surface area (Å²) in [6.45, 7) is 1.90. The number of amidine groups is 1. The van der Waals surface area contributed by atoms with Crippen LogP contribution >= 0.6 is 11.6 Å². The van der Waals surface area contributed by atoms with Gasteiger partial charge < -0.3 is 10.5 Å². The first kappa shape index (κ1) is 12.4. The molecule has 0 fully saturated rings. The smallest absolute Gasteiger partial charge is 0.219 e. The number of hydrogen-bond donors (Lipinski definition) is 2.